The summed E-state index contributed by atoms with van der Waals surface area (Å²) in [6, 6.07) is 2.08. The molecule has 2 nitrogen and oxygen atoms in total. The first kappa shape index (κ1) is 16.1. The van der Waals surface area contributed by atoms with Crippen LogP contribution in [0.2, 0.25) is 0 Å². The molecule has 22 heavy (non-hydrogen) atoms. The number of rotatable bonds is 3. The van der Waals surface area contributed by atoms with Crippen LogP contribution in [0, 0.1) is 22.7 Å². The fraction of sp³-hybridized carbons (Fsp3) is 0.800. The minimum absolute atomic E-state index is 0.0486. The van der Waals surface area contributed by atoms with Crippen LogP contribution in [0.3, 0.4) is 0 Å². The van der Waals surface area contributed by atoms with Crippen LogP contribution in [-0.2, 0) is 6.42 Å². The molecular weight excluding hydrogens is 272 g/mol. The Morgan fingerprint density at radius 2 is 2.00 bits per heavy atom. The van der Waals surface area contributed by atoms with Gasteiger partial charge in [-0.15, -0.1) is 0 Å². The van der Waals surface area contributed by atoms with E-state index in [1.807, 2.05) is 6.26 Å². The van der Waals surface area contributed by atoms with Crippen LogP contribution in [0.4, 0.5) is 0 Å². The van der Waals surface area contributed by atoms with E-state index in [4.69, 9.17) is 4.42 Å². The molecule has 2 heteroatoms. The first-order valence-electron chi connectivity index (χ1n) is 9.03. The fourth-order valence-electron chi connectivity index (χ4n) is 5.44. The summed E-state index contributed by atoms with van der Waals surface area (Å²) in [5.41, 5.74) is 1.08. The Morgan fingerprint density at radius 3 is 2.68 bits per heavy atom. The van der Waals surface area contributed by atoms with E-state index in [0.717, 1.165) is 32.1 Å². The molecule has 0 aliphatic heterocycles. The van der Waals surface area contributed by atoms with Crippen molar-refractivity contribution < 1.29 is 9.52 Å². The molecule has 0 aromatic carbocycles. The average Bonchev–Trinajstić information content (AvgIpc) is 2.97. The number of hydrogen-bond donors (Lipinski definition) is 1. The van der Waals surface area contributed by atoms with Gasteiger partial charge in [-0.05, 0) is 72.8 Å². The quantitative estimate of drug-likeness (QED) is 0.832. The summed E-state index contributed by atoms with van der Waals surface area (Å²) in [5, 5.41) is 11.6. The van der Waals surface area contributed by atoms with Gasteiger partial charge < -0.3 is 9.52 Å². The maximum atomic E-state index is 11.6. The van der Waals surface area contributed by atoms with Crippen LogP contribution >= 0.6 is 0 Å². The zero-order chi connectivity index (χ0) is 16.0. The van der Waals surface area contributed by atoms with Crippen LogP contribution in [0.25, 0.3) is 0 Å². The summed E-state index contributed by atoms with van der Waals surface area (Å²) in [5.74, 6) is 1.11. The van der Waals surface area contributed by atoms with E-state index < -0.39 is 5.60 Å². The topological polar surface area (TPSA) is 33.4 Å². The van der Waals surface area contributed by atoms with Crippen molar-refractivity contribution in [2.45, 2.75) is 78.2 Å². The van der Waals surface area contributed by atoms with Gasteiger partial charge in [-0.1, -0.05) is 34.1 Å². The third kappa shape index (κ3) is 2.35. The summed E-state index contributed by atoms with van der Waals surface area (Å²) < 4.78 is 5.22. The second-order valence-electron chi connectivity index (χ2n) is 8.83. The molecule has 0 radical (unpaired) electrons. The molecule has 0 bridgehead atoms. The maximum Gasteiger partial charge on any atom is 0.0934 e. The van der Waals surface area contributed by atoms with E-state index in [1.165, 1.54) is 18.4 Å². The van der Waals surface area contributed by atoms with Crippen molar-refractivity contribution >= 4 is 0 Å². The van der Waals surface area contributed by atoms with Crippen LogP contribution < -0.4 is 0 Å². The molecule has 1 heterocycles. The molecular formula is C20H32O2. The summed E-state index contributed by atoms with van der Waals surface area (Å²) in [6.45, 7) is 9.40. The Balaban J connectivity index is 1.87. The monoisotopic (exact) mass is 304 g/mol. The Kier molecular flexibility index (Phi) is 3.96. The van der Waals surface area contributed by atoms with Crippen LogP contribution in [0.15, 0.2) is 23.0 Å². The highest BCUT2D eigenvalue weighted by Crippen LogP contribution is 2.62. The smallest absolute Gasteiger partial charge is 0.0934 e. The van der Waals surface area contributed by atoms with Crippen molar-refractivity contribution in [1.29, 1.82) is 0 Å². The molecule has 2 fully saturated rings. The van der Waals surface area contributed by atoms with Gasteiger partial charge in [0, 0.05) is 0 Å². The summed E-state index contributed by atoms with van der Waals surface area (Å²) in [4.78, 5) is 0. The molecule has 2 aliphatic rings. The molecule has 0 saturated heterocycles. The minimum atomic E-state index is -0.483. The normalized spacial score (nSPS) is 41.1. The highest BCUT2D eigenvalue weighted by molar-refractivity contribution is 5.12. The molecule has 2 unspecified atom stereocenters. The second-order valence-corrected chi connectivity index (χ2v) is 8.83. The molecule has 4 atom stereocenters. The van der Waals surface area contributed by atoms with Gasteiger partial charge >= 0.3 is 0 Å². The van der Waals surface area contributed by atoms with Gasteiger partial charge in [0.15, 0.2) is 0 Å². The second kappa shape index (κ2) is 5.40. The lowest BCUT2D eigenvalue weighted by atomic mass is 9.45. The van der Waals surface area contributed by atoms with Crippen LogP contribution in [0.5, 0.6) is 0 Å². The lowest BCUT2D eigenvalue weighted by Gasteiger charge is -2.62. The number of fused-ring (bicyclic) bond motifs is 1. The van der Waals surface area contributed by atoms with E-state index in [9.17, 15) is 5.11 Å². The van der Waals surface area contributed by atoms with Gasteiger partial charge in [0.05, 0.1) is 18.1 Å². The van der Waals surface area contributed by atoms with Crippen molar-refractivity contribution in [1.82, 2.24) is 0 Å². The number of hydrogen-bond acceptors (Lipinski definition) is 2. The largest absolute Gasteiger partial charge is 0.472 e. The number of aliphatic hydroxyl groups is 1. The average molecular weight is 304 g/mol. The van der Waals surface area contributed by atoms with E-state index >= 15 is 0 Å². The fourth-order valence-corrected chi connectivity index (χ4v) is 5.44. The van der Waals surface area contributed by atoms with Gasteiger partial charge in [-0.3, -0.25) is 0 Å². The highest BCUT2D eigenvalue weighted by atomic mass is 16.3. The van der Waals surface area contributed by atoms with E-state index in [0.29, 0.717) is 11.8 Å². The Labute approximate surface area is 135 Å². The van der Waals surface area contributed by atoms with Crippen molar-refractivity contribution in [3.05, 3.63) is 24.2 Å². The maximum absolute atomic E-state index is 11.6. The predicted molar refractivity (Wildman–Crippen MR) is 89.6 cm³/mol. The van der Waals surface area contributed by atoms with Gasteiger partial charge in [-0.25, -0.2) is 0 Å². The molecule has 124 valence electrons. The zero-order valence-corrected chi connectivity index (χ0v) is 14.7. The zero-order valence-electron chi connectivity index (χ0n) is 14.7. The molecule has 1 aromatic rings. The van der Waals surface area contributed by atoms with Crippen LogP contribution in [-0.4, -0.2) is 10.7 Å². The molecule has 1 N–H and O–H groups in total. The van der Waals surface area contributed by atoms with Crippen molar-refractivity contribution in [3.63, 3.8) is 0 Å². The van der Waals surface area contributed by atoms with Gasteiger partial charge in [-0.2, -0.15) is 0 Å². The van der Waals surface area contributed by atoms with Gasteiger partial charge in [0.2, 0.25) is 0 Å². The Hall–Kier alpha value is -0.760. The summed E-state index contributed by atoms with van der Waals surface area (Å²) >= 11 is 0. The molecule has 0 spiro atoms. The van der Waals surface area contributed by atoms with Crippen molar-refractivity contribution in [2.75, 3.05) is 0 Å². The summed E-state index contributed by atoms with van der Waals surface area (Å²) in [7, 11) is 0. The van der Waals surface area contributed by atoms with Gasteiger partial charge in [0.25, 0.3) is 0 Å². The Morgan fingerprint density at radius 1 is 1.23 bits per heavy atom. The molecule has 2 saturated carbocycles. The predicted octanol–water partition coefficient (Wildman–Crippen LogP) is 5.21. The van der Waals surface area contributed by atoms with Crippen molar-refractivity contribution in [2.24, 2.45) is 22.7 Å². The van der Waals surface area contributed by atoms with E-state index in [2.05, 4.69) is 33.8 Å². The first-order chi connectivity index (χ1) is 10.3. The lowest BCUT2D eigenvalue weighted by Crippen LogP contribution is -2.62. The lowest BCUT2D eigenvalue weighted by molar-refractivity contribution is -0.212. The van der Waals surface area contributed by atoms with Gasteiger partial charge in [0.1, 0.15) is 0 Å². The number of aryl methyl sites for hydroxylation is 1. The standard InChI is InChI=1S/C20H32O2/c1-15-7-12-20(21)17(6-5-10-18(20,2)3)19(15,4)11-8-16-9-13-22-14-16/h9,13-15,17,21H,5-8,10-12H2,1-4H3/t15?,17?,19-,20-/m1/s1. The molecule has 3 rings (SSSR count). The van der Waals surface area contributed by atoms with E-state index in [1.54, 1.807) is 6.26 Å². The molecule has 1 aromatic heterocycles. The third-order valence-corrected chi connectivity index (χ3v) is 7.46. The highest BCUT2D eigenvalue weighted by Gasteiger charge is 2.60. The minimum Gasteiger partial charge on any atom is -0.472 e. The van der Waals surface area contributed by atoms with Crippen LogP contribution in [0.1, 0.15) is 71.8 Å². The third-order valence-electron chi connectivity index (χ3n) is 7.46. The number of furan rings is 1. The van der Waals surface area contributed by atoms with Crippen molar-refractivity contribution in [3.8, 4) is 0 Å². The molecule has 2 aliphatic carbocycles. The summed E-state index contributed by atoms with van der Waals surface area (Å²) in [6.07, 6.45) is 11.6. The first-order valence-corrected chi connectivity index (χ1v) is 9.03. The van der Waals surface area contributed by atoms with E-state index in [-0.39, 0.29) is 10.8 Å². The Bertz CT molecular complexity index is 504. The SMILES string of the molecule is CC1CC[C@@]2(O)C(CCCC2(C)C)[C@]1(C)CCc1ccoc1. The molecule has 0 amide bonds.